The first-order valence-corrected chi connectivity index (χ1v) is 7.63. The standard InChI is InChI=1S/C15H25N3/c1-2-3-12-4-6-13(7-5-12)18-11-17-14-10-16-9-8-15(14)18/h11-13,16H,2-10H2,1H3. The average Bonchev–Trinajstić information content (AvgIpc) is 2.84. The van der Waals surface area contributed by atoms with Gasteiger partial charge in [-0.25, -0.2) is 4.98 Å². The van der Waals surface area contributed by atoms with Crippen molar-refractivity contribution in [3.63, 3.8) is 0 Å². The summed E-state index contributed by atoms with van der Waals surface area (Å²) in [4.78, 5) is 4.59. The molecule has 1 aromatic rings. The molecule has 3 nitrogen and oxygen atoms in total. The third-order valence-corrected chi connectivity index (χ3v) is 4.72. The highest BCUT2D eigenvalue weighted by Gasteiger charge is 2.25. The quantitative estimate of drug-likeness (QED) is 0.889. The Morgan fingerprint density at radius 3 is 2.94 bits per heavy atom. The van der Waals surface area contributed by atoms with Gasteiger partial charge in [-0.05, 0) is 31.6 Å². The first-order valence-electron chi connectivity index (χ1n) is 7.63. The normalized spacial score (nSPS) is 28.1. The maximum Gasteiger partial charge on any atom is 0.0954 e. The molecule has 1 saturated carbocycles. The molecular formula is C15H25N3. The molecule has 1 aliphatic heterocycles. The van der Waals surface area contributed by atoms with Crippen LogP contribution >= 0.6 is 0 Å². The highest BCUT2D eigenvalue weighted by atomic mass is 15.1. The van der Waals surface area contributed by atoms with Crippen LogP contribution in [0.5, 0.6) is 0 Å². The fourth-order valence-corrected chi connectivity index (χ4v) is 3.69. The van der Waals surface area contributed by atoms with Crippen molar-refractivity contribution < 1.29 is 0 Å². The van der Waals surface area contributed by atoms with E-state index < -0.39 is 0 Å². The molecule has 0 atom stereocenters. The van der Waals surface area contributed by atoms with Crippen LogP contribution in [0.25, 0.3) is 0 Å². The summed E-state index contributed by atoms with van der Waals surface area (Å²) in [5.41, 5.74) is 2.80. The summed E-state index contributed by atoms with van der Waals surface area (Å²) in [6, 6.07) is 0.729. The van der Waals surface area contributed by atoms with E-state index in [4.69, 9.17) is 0 Å². The van der Waals surface area contributed by atoms with Gasteiger partial charge in [0.25, 0.3) is 0 Å². The topological polar surface area (TPSA) is 29.9 Å². The maximum absolute atomic E-state index is 4.59. The monoisotopic (exact) mass is 247 g/mol. The fourth-order valence-electron chi connectivity index (χ4n) is 3.69. The average molecular weight is 247 g/mol. The zero-order chi connectivity index (χ0) is 12.4. The minimum atomic E-state index is 0.729. The van der Waals surface area contributed by atoms with Gasteiger partial charge in [0.2, 0.25) is 0 Å². The molecule has 1 N–H and O–H groups in total. The van der Waals surface area contributed by atoms with Crippen LogP contribution in [0.3, 0.4) is 0 Å². The second-order valence-electron chi connectivity index (χ2n) is 5.94. The van der Waals surface area contributed by atoms with Crippen LogP contribution in [0, 0.1) is 5.92 Å². The number of imidazole rings is 1. The third-order valence-electron chi connectivity index (χ3n) is 4.72. The Bertz CT molecular complexity index is 388. The van der Waals surface area contributed by atoms with E-state index in [9.17, 15) is 0 Å². The molecule has 2 heterocycles. The number of nitrogens with zero attached hydrogens (tertiary/aromatic N) is 2. The van der Waals surface area contributed by atoms with E-state index in [0.717, 1.165) is 31.5 Å². The van der Waals surface area contributed by atoms with E-state index in [-0.39, 0.29) is 0 Å². The lowest BCUT2D eigenvalue weighted by molar-refractivity contribution is 0.258. The van der Waals surface area contributed by atoms with Crippen molar-refractivity contribution in [3.8, 4) is 0 Å². The van der Waals surface area contributed by atoms with Gasteiger partial charge in [-0.3, -0.25) is 0 Å². The Morgan fingerprint density at radius 1 is 1.33 bits per heavy atom. The molecule has 0 radical (unpaired) electrons. The van der Waals surface area contributed by atoms with Crippen LogP contribution in [-0.4, -0.2) is 16.1 Å². The molecule has 3 heteroatoms. The second kappa shape index (κ2) is 5.43. The van der Waals surface area contributed by atoms with E-state index in [1.807, 2.05) is 0 Å². The maximum atomic E-state index is 4.59. The molecule has 3 rings (SSSR count). The SMILES string of the molecule is CCCC1CCC(n2cnc3c2CCNC3)CC1. The first-order chi connectivity index (χ1) is 8.88. The van der Waals surface area contributed by atoms with E-state index in [1.54, 1.807) is 0 Å². The minimum Gasteiger partial charge on any atom is -0.331 e. The molecule has 18 heavy (non-hydrogen) atoms. The molecule has 0 bridgehead atoms. The number of rotatable bonds is 3. The van der Waals surface area contributed by atoms with Crippen LogP contribution in [0.2, 0.25) is 0 Å². The molecule has 0 saturated heterocycles. The summed E-state index contributed by atoms with van der Waals surface area (Å²) in [6.45, 7) is 4.39. The predicted octanol–water partition coefficient (Wildman–Crippen LogP) is 3.06. The van der Waals surface area contributed by atoms with Crippen LogP contribution < -0.4 is 5.32 Å². The zero-order valence-electron chi connectivity index (χ0n) is 11.5. The van der Waals surface area contributed by atoms with Crippen LogP contribution in [0.4, 0.5) is 0 Å². The molecule has 1 aliphatic carbocycles. The van der Waals surface area contributed by atoms with Gasteiger partial charge in [-0.1, -0.05) is 19.8 Å². The summed E-state index contributed by atoms with van der Waals surface area (Å²) in [7, 11) is 0. The van der Waals surface area contributed by atoms with Crippen molar-refractivity contribution in [2.24, 2.45) is 5.92 Å². The van der Waals surface area contributed by atoms with Gasteiger partial charge in [0.1, 0.15) is 0 Å². The highest BCUT2D eigenvalue weighted by molar-refractivity contribution is 5.17. The van der Waals surface area contributed by atoms with Crippen LogP contribution in [-0.2, 0) is 13.0 Å². The van der Waals surface area contributed by atoms with Crippen molar-refractivity contribution in [2.75, 3.05) is 6.54 Å². The Hall–Kier alpha value is -0.830. The predicted molar refractivity (Wildman–Crippen MR) is 73.5 cm³/mol. The Morgan fingerprint density at radius 2 is 2.17 bits per heavy atom. The Balaban J connectivity index is 1.67. The lowest BCUT2D eigenvalue weighted by Gasteiger charge is -2.31. The van der Waals surface area contributed by atoms with Crippen LogP contribution in [0.1, 0.15) is 62.9 Å². The number of hydrogen-bond donors (Lipinski definition) is 1. The molecule has 0 amide bonds. The molecule has 0 spiro atoms. The van der Waals surface area contributed by atoms with Gasteiger partial charge in [0.05, 0.1) is 12.0 Å². The molecule has 1 aromatic heterocycles. The highest BCUT2D eigenvalue weighted by Crippen LogP contribution is 2.35. The number of aromatic nitrogens is 2. The van der Waals surface area contributed by atoms with E-state index >= 15 is 0 Å². The fraction of sp³-hybridized carbons (Fsp3) is 0.800. The van der Waals surface area contributed by atoms with Crippen molar-refractivity contribution >= 4 is 0 Å². The van der Waals surface area contributed by atoms with E-state index in [2.05, 4.69) is 28.1 Å². The van der Waals surface area contributed by atoms with Crippen LogP contribution in [0.15, 0.2) is 6.33 Å². The summed E-state index contributed by atoms with van der Waals surface area (Å²) in [6.07, 6.45) is 11.6. The van der Waals surface area contributed by atoms with Gasteiger partial charge >= 0.3 is 0 Å². The Labute approximate surface area is 110 Å². The lowest BCUT2D eigenvalue weighted by Crippen LogP contribution is -2.27. The van der Waals surface area contributed by atoms with Gasteiger partial charge in [0.15, 0.2) is 0 Å². The number of hydrogen-bond acceptors (Lipinski definition) is 2. The van der Waals surface area contributed by atoms with Gasteiger partial charge in [-0.2, -0.15) is 0 Å². The van der Waals surface area contributed by atoms with Gasteiger partial charge < -0.3 is 9.88 Å². The summed E-state index contributed by atoms with van der Waals surface area (Å²) in [5.74, 6) is 0.993. The second-order valence-corrected chi connectivity index (χ2v) is 5.94. The largest absolute Gasteiger partial charge is 0.331 e. The Kier molecular flexibility index (Phi) is 3.69. The smallest absolute Gasteiger partial charge is 0.0954 e. The third kappa shape index (κ3) is 2.33. The van der Waals surface area contributed by atoms with Crippen molar-refractivity contribution in [1.29, 1.82) is 0 Å². The summed E-state index contributed by atoms with van der Waals surface area (Å²) >= 11 is 0. The van der Waals surface area contributed by atoms with Crippen molar-refractivity contribution in [3.05, 3.63) is 17.7 Å². The van der Waals surface area contributed by atoms with Gasteiger partial charge in [-0.15, -0.1) is 0 Å². The lowest BCUT2D eigenvalue weighted by atomic mass is 9.83. The minimum absolute atomic E-state index is 0.729. The molecule has 1 fully saturated rings. The summed E-state index contributed by atoms with van der Waals surface area (Å²) in [5, 5.41) is 3.41. The summed E-state index contributed by atoms with van der Waals surface area (Å²) < 4.78 is 2.50. The zero-order valence-corrected chi connectivity index (χ0v) is 11.5. The first kappa shape index (κ1) is 12.2. The van der Waals surface area contributed by atoms with E-state index in [0.29, 0.717) is 0 Å². The molecular weight excluding hydrogens is 222 g/mol. The van der Waals surface area contributed by atoms with Gasteiger partial charge in [0, 0.05) is 31.2 Å². The molecule has 0 aromatic carbocycles. The van der Waals surface area contributed by atoms with E-state index in [1.165, 1.54) is 49.9 Å². The van der Waals surface area contributed by atoms with Crippen molar-refractivity contribution in [1.82, 2.24) is 14.9 Å². The number of fused-ring (bicyclic) bond motifs is 1. The van der Waals surface area contributed by atoms with Crippen molar-refractivity contribution in [2.45, 2.75) is 64.5 Å². The number of nitrogens with one attached hydrogen (secondary N) is 1. The molecule has 100 valence electrons. The molecule has 2 aliphatic rings. The molecule has 0 unspecified atom stereocenters.